The minimum atomic E-state index is 0.290. The lowest BCUT2D eigenvalue weighted by molar-refractivity contribution is 0.355. The van der Waals surface area contributed by atoms with E-state index in [2.05, 4.69) is 12.1 Å². The maximum absolute atomic E-state index is 10.6. The number of fused-ring (bicyclic) bond motifs is 7. The Morgan fingerprint density at radius 1 is 0.929 bits per heavy atom. The lowest BCUT2D eigenvalue weighted by atomic mass is 9.74. The molecular formula is C24H27NO3. The summed E-state index contributed by atoms with van der Waals surface area (Å²) in [6, 6.07) is 4.18. The molecule has 0 amide bonds. The van der Waals surface area contributed by atoms with Crippen LogP contribution < -0.4 is 9.47 Å². The van der Waals surface area contributed by atoms with Gasteiger partial charge in [0.2, 0.25) is 0 Å². The van der Waals surface area contributed by atoms with Crippen LogP contribution in [-0.2, 0) is 12.8 Å². The highest BCUT2D eigenvalue weighted by Gasteiger charge is 2.35. The van der Waals surface area contributed by atoms with Crippen molar-refractivity contribution in [3.63, 3.8) is 0 Å². The van der Waals surface area contributed by atoms with Gasteiger partial charge in [0.05, 0.1) is 25.4 Å². The van der Waals surface area contributed by atoms with E-state index < -0.39 is 0 Å². The molecule has 0 spiro atoms. The fourth-order valence-corrected chi connectivity index (χ4v) is 5.66. The Kier molecular flexibility index (Phi) is 3.94. The van der Waals surface area contributed by atoms with Crippen LogP contribution in [0.3, 0.4) is 0 Å². The van der Waals surface area contributed by atoms with E-state index in [1.54, 1.807) is 14.2 Å². The molecule has 0 bridgehead atoms. The summed E-state index contributed by atoms with van der Waals surface area (Å²) in [6.45, 7) is 3.89. The summed E-state index contributed by atoms with van der Waals surface area (Å²) >= 11 is 0. The van der Waals surface area contributed by atoms with Gasteiger partial charge >= 0.3 is 0 Å². The van der Waals surface area contributed by atoms with E-state index in [-0.39, 0.29) is 5.75 Å². The van der Waals surface area contributed by atoms with Gasteiger partial charge in [0.15, 0.2) is 11.5 Å². The maximum atomic E-state index is 10.6. The van der Waals surface area contributed by atoms with Gasteiger partial charge in [-0.15, -0.1) is 0 Å². The first kappa shape index (κ1) is 17.6. The van der Waals surface area contributed by atoms with Gasteiger partial charge in [-0.3, -0.25) is 0 Å². The minimum absolute atomic E-state index is 0.290. The molecule has 1 fully saturated rings. The number of aromatic nitrogens is 1. The fraction of sp³-hybridized carbons (Fsp3) is 0.458. The fourth-order valence-electron chi connectivity index (χ4n) is 5.66. The quantitative estimate of drug-likeness (QED) is 0.620. The van der Waals surface area contributed by atoms with Crippen LogP contribution >= 0.6 is 0 Å². The molecule has 1 aromatic heterocycles. The molecule has 1 heterocycles. The highest BCUT2D eigenvalue weighted by atomic mass is 16.5. The summed E-state index contributed by atoms with van der Waals surface area (Å²) in [5, 5.41) is 14.0. The Hall–Kier alpha value is -2.49. The number of aromatic hydroxyl groups is 1. The molecule has 0 saturated heterocycles. The second-order valence-electron chi connectivity index (χ2n) is 8.46. The Morgan fingerprint density at radius 3 is 2.18 bits per heavy atom. The number of aryl methyl sites for hydroxylation is 2. The molecule has 28 heavy (non-hydrogen) atoms. The Bertz CT molecular complexity index is 1120. The van der Waals surface area contributed by atoms with E-state index in [1.807, 2.05) is 13.8 Å². The van der Waals surface area contributed by atoms with Crippen molar-refractivity contribution < 1.29 is 14.6 Å². The van der Waals surface area contributed by atoms with Crippen molar-refractivity contribution in [3.05, 3.63) is 34.5 Å². The van der Waals surface area contributed by atoms with Crippen LogP contribution in [0.5, 0.6) is 17.2 Å². The average Bonchev–Trinajstić information content (AvgIpc) is 3.17. The van der Waals surface area contributed by atoms with Gasteiger partial charge in [-0.25, -0.2) is 4.98 Å². The van der Waals surface area contributed by atoms with Crippen LogP contribution in [0.15, 0.2) is 12.1 Å². The van der Waals surface area contributed by atoms with Crippen molar-refractivity contribution in [2.45, 2.75) is 46.0 Å². The number of ether oxygens (including phenoxy) is 2. The van der Waals surface area contributed by atoms with E-state index in [0.29, 0.717) is 11.4 Å². The summed E-state index contributed by atoms with van der Waals surface area (Å²) in [5.74, 6) is 3.31. The van der Waals surface area contributed by atoms with Crippen LogP contribution in [0.2, 0.25) is 0 Å². The molecule has 4 nitrogen and oxygen atoms in total. The smallest absolute Gasteiger partial charge is 0.161 e. The highest BCUT2D eigenvalue weighted by molar-refractivity contribution is 6.12. The van der Waals surface area contributed by atoms with Gasteiger partial charge in [0, 0.05) is 10.9 Å². The first-order chi connectivity index (χ1) is 13.5. The van der Waals surface area contributed by atoms with Crippen molar-refractivity contribution in [3.8, 4) is 17.2 Å². The predicted molar refractivity (Wildman–Crippen MR) is 112 cm³/mol. The first-order valence-corrected chi connectivity index (χ1v) is 10.2. The number of benzene rings is 2. The molecule has 2 aliphatic rings. The van der Waals surface area contributed by atoms with Crippen LogP contribution in [0.4, 0.5) is 0 Å². The lowest BCUT2D eigenvalue weighted by Crippen LogP contribution is -2.21. The zero-order chi connectivity index (χ0) is 19.6. The molecule has 3 aromatic rings. The number of nitrogens with zero attached hydrogens (tertiary/aromatic N) is 1. The molecule has 2 aliphatic carbocycles. The molecule has 0 aliphatic heterocycles. The Morgan fingerprint density at radius 2 is 1.54 bits per heavy atom. The summed E-state index contributed by atoms with van der Waals surface area (Å²) in [6.07, 6.45) is 6.20. The molecule has 2 aromatic carbocycles. The number of pyridine rings is 1. The zero-order valence-corrected chi connectivity index (χ0v) is 17.1. The van der Waals surface area contributed by atoms with Gasteiger partial charge in [-0.05, 0) is 85.4 Å². The topological polar surface area (TPSA) is 51.6 Å². The summed E-state index contributed by atoms with van der Waals surface area (Å²) in [4.78, 5) is 4.89. The van der Waals surface area contributed by atoms with Crippen LogP contribution in [-0.4, -0.2) is 24.3 Å². The van der Waals surface area contributed by atoms with E-state index in [1.165, 1.54) is 35.8 Å². The number of rotatable bonds is 2. The predicted octanol–water partition coefficient (Wildman–Crippen LogP) is 5.24. The normalized spacial score (nSPS) is 21.0. The highest BCUT2D eigenvalue weighted by Crippen LogP contribution is 2.48. The molecule has 2 atom stereocenters. The Balaban J connectivity index is 1.95. The van der Waals surface area contributed by atoms with Gasteiger partial charge in [-0.2, -0.15) is 0 Å². The molecular weight excluding hydrogens is 350 g/mol. The zero-order valence-electron chi connectivity index (χ0n) is 17.1. The van der Waals surface area contributed by atoms with E-state index in [4.69, 9.17) is 14.5 Å². The SMILES string of the molecule is COc1cc2c3c(c4nc(C)c(O)c(C)c4c2cc1OC)CC1CCCC1C3. The molecule has 1 N–H and O–H groups in total. The number of hydrogen-bond acceptors (Lipinski definition) is 4. The molecule has 2 unspecified atom stereocenters. The summed E-state index contributed by atoms with van der Waals surface area (Å²) in [5.41, 5.74) is 5.47. The average molecular weight is 377 g/mol. The largest absolute Gasteiger partial charge is 0.506 e. The molecule has 0 radical (unpaired) electrons. The summed E-state index contributed by atoms with van der Waals surface area (Å²) < 4.78 is 11.2. The second-order valence-corrected chi connectivity index (χ2v) is 8.46. The molecule has 4 heteroatoms. The Labute approximate surface area is 165 Å². The maximum Gasteiger partial charge on any atom is 0.161 e. The molecule has 146 valence electrons. The second kappa shape index (κ2) is 6.26. The number of methoxy groups -OCH3 is 2. The van der Waals surface area contributed by atoms with Crippen LogP contribution in [0.25, 0.3) is 21.7 Å². The monoisotopic (exact) mass is 377 g/mol. The van der Waals surface area contributed by atoms with Gasteiger partial charge < -0.3 is 14.6 Å². The lowest BCUT2D eigenvalue weighted by Gasteiger charge is -2.30. The third-order valence-electron chi connectivity index (χ3n) is 7.11. The van der Waals surface area contributed by atoms with Crippen molar-refractivity contribution in [1.29, 1.82) is 0 Å². The molecule has 1 saturated carbocycles. The van der Waals surface area contributed by atoms with Crippen molar-refractivity contribution in [2.24, 2.45) is 11.8 Å². The van der Waals surface area contributed by atoms with Crippen molar-refractivity contribution in [2.75, 3.05) is 14.2 Å². The summed E-state index contributed by atoms with van der Waals surface area (Å²) in [7, 11) is 3.35. The minimum Gasteiger partial charge on any atom is -0.506 e. The van der Waals surface area contributed by atoms with E-state index in [0.717, 1.165) is 52.3 Å². The van der Waals surface area contributed by atoms with Gasteiger partial charge in [-0.1, -0.05) is 6.42 Å². The van der Waals surface area contributed by atoms with Gasteiger partial charge in [0.1, 0.15) is 5.75 Å². The number of hydrogen-bond donors (Lipinski definition) is 1. The first-order valence-electron chi connectivity index (χ1n) is 10.2. The van der Waals surface area contributed by atoms with Gasteiger partial charge in [0.25, 0.3) is 0 Å². The van der Waals surface area contributed by atoms with Crippen molar-refractivity contribution in [1.82, 2.24) is 4.98 Å². The van der Waals surface area contributed by atoms with Crippen molar-refractivity contribution >= 4 is 21.7 Å². The van der Waals surface area contributed by atoms with E-state index >= 15 is 0 Å². The third-order valence-corrected chi connectivity index (χ3v) is 7.11. The van der Waals surface area contributed by atoms with Crippen LogP contribution in [0, 0.1) is 25.7 Å². The standard InChI is InChI=1S/C24H27NO3/c1-12-22-18-11-21(28-4)20(27-3)10-17(18)16-8-14-6-5-7-15(14)9-19(16)23(22)25-13(2)24(12)26/h10-11,14-15,26H,5-9H2,1-4H3. The molecule has 5 rings (SSSR count). The third kappa shape index (κ3) is 2.33. The van der Waals surface area contributed by atoms with E-state index in [9.17, 15) is 5.11 Å². The van der Waals surface area contributed by atoms with Crippen LogP contribution in [0.1, 0.15) is 41.6 Å².